The number of aromatic nitrogens is 4. The van der Waals surface area contributed by atoms with Crippen LogP contribution in [0.2, 0.25) is 0 Å². The third-order valence-corrected chi connectivity index (χ3v) is 6.71. The van der Waals surface area contributed by atoms with Gasteiger partial charge in [-0.05, 0) is 19.4 Å². The predicted molar refractivity (Wildman–Crippen MR) is 126 cm³/mol. The molecule has 3 heterocycles. The molecule has 1 aliphatic heterocycles. The molecule has 7 atom stereocenters. The van der Waals surface area contributed by atoms with Crippen molar-refractivity contribution in [2.24, 2.45) is 0 Å². The number of nitrogens with two attached hydrogens (primary N) is 1. The Hall–Kier alpha value is -3.23. The molecule has 2 aliphatic rings. The Morgan fingerprint density at radius 1 is 1.27 bits per heavy atom. The van der Waals surface area contributed by atoms with Crippen molar-refractivity contribution >= 4 is 23.0 Å². The Balaban J connectivity index is 1.44. The van der Waals surface area contributed by atoms with Gasteiger partial charge in [-0.25, -0.2) is 24.1 Å². The molecule has 1 aromatic carbocycles. The van der Waals surface area contributed by atoms with Gasteiger partial charge in [-0.15, -0.1) is 0 Å². The molecule has 37 heavy (non-hydrogen) atoms. The van der Waals surface area contributed by atoms with Crippen molar-refractivity contribution in [3.63, 3.8) is 0 Å². The summed E-state index contributed by atoms with van der Waals surface area (Å²) in [5, 5.41) is 22.2. The monoisotopic (exact) mass is 517 g/mol. The molecule has 4 N–H and O–H groups in total. The van der Waals surface area contributed by atoms with E-state index >= 15 is 4.39 Å². The average Bonchev–Trinajstić information content (AvgIpc) is 3.15. The van der Waals surface area contributed by atoms with E-state index in [4.69, 9.17) is 24.7 Å². The van der Waals surface area contributed by atoms with Gasteiger partial charge in [-0.3, -0.25) is 4.57 Å². The van der Waals surface area contributed by atoms with Crippen LogP contribution in [-0.2, 0) is 30.2 Å². The zero-order valence-corrected chi connectivity index (χ0v) is 20.2. The number of benzene rings is 1. The Labute approximate surface area is 211 Å². The number of carbonyl (C=O) groups excluding carboxylic acids is 1. The number of alkyl halides is 1. The number of imidazole rings is 1. The van der Waals surface area contributed by atoms with Crippen molar-refractivity contribution in [2.75, 3.05) is 18.9 Å². The summed E-state index contributed by atoms with van der Waals surface area (Å²) in [6, 6.07) is 8.79. The van der Waals surface area contributed by atoms with Crippen molar-refractivity contribution in [3.05, 3.63) is 48.5 Å². The van der Waals surface area contributed by atoms with E-state index in [-0.39, 0.29) is 36.6 Å². The van der Waals surface area contributed by atoms with Crippen LogP contribution in [-0.4, -0.2) is 84.8 Å². The maximum absolute atomic E-state index is 15.8. The van der Waals surface area contributed by atoms with Gasteiger partial charge in [-0.2, -0.15) is 0 Å². The van der Waals surface area contributed by atoms with E-state index in [9.17, 15) is 15.0 Å². The van der Waals surface area contributed by atoms with Crippen molar-refractivity contribution in [1.82, 2.24) is 19.5 Å². The van der Waals surface area contributed by atoms with E-state index < -0.39 is 48.1 Å². The first-order valence-corrected chi connectivity index (χ1v) is 11.9. The number of rotatable bonds is 10. The number of ether oxygens (including phenoxy) is 4. The largest absolute Gasteiger partial charge is 0.464 e. The second kappa shape index (κ2) is 9.58. The number of nitrogen functional groups attached to an aromatic ring is 1. The normalized spacial score (nSPS) is 29.0. The number of nitrogens with zero attached hydrogens (tertiary/aromatic N) is 4. The van der Waals surface area contributed by atoms with Gasteiger partial charge in [0, 0.05) is 13.0 Å². The van der Waals surface area contributed by atoms with Crippen LogP contribution in [0.15, 0.2) is 43.0 Å². The standard InChI is InChI=1S/C24H28FN5O7/c1-3-34-21(31)23(22(32)35-4-2,10-13-8-6-5-7-9-13)37-17-16-24(17,33)15(25)20(36-16)30-12-29-14-18(26)27-11-28-19(14)30/h5-9,11-12,15-17,20-21,31,33H,3-4,10H2,1-2H3,(H2,26,27,28)/t15-,16+,17?,20+,21?,23?,24-/m0/s1. The molecule has 1 saturated carbocycles. The van der Waals surface area contributed by atoms with E-state index in [1.54, 1.807) is 44.2 Å². The molecule has 0 amide bonds. The number of halogens is 1. The number of anilines is 1. The van der Waals surface area contributed by atoms with Crippen LogP contribution >= 0.6 is 0 Å². The summed E-state index contributed by atoms with van der Waals surface area (Å²) < 4.78 is 39.6. The van der Waals surface area contributed by atoms with Gasteiger partial charge in [0.1, 0.15) is 24.1 Å². The number of fused-ring (bicyclic) bond motifs is 2. The van der Waals surface area contributed by atoms with Crippen LogP contribution in [0.3, 0.4) is 0 Å². The summed E-state index contributed by atoms with van der Waals surface area (Å²) in [6.07, 6.45) is -5.13. The fraction of sp³-hybridized carbons (Fsp3) is 0.500. The van der Waals surface area contributed by atoms with Gasteiger partial charge in [0.05, 0.1) is 12.9 Å². The summed E-state index contributed by atoms with van der Waals surface area (Å²) in [7, 11) is 0. The summed E-state index contributed by atoms with van der Waals surface area (Å²) in [6.45, 7) is 3.30. The molecule has 3 aromatic rings. The predicted octanol–water partition coefficient (Wildman–Crippen LogP) is 0.673. The highest BCUT2D eigenvalue weighted by atomic mass is 19.1. The van der Waals surface area contributed by atoms with Crippen LogP contribution in [0, 0.1) is 0 Å². The second-order valence-electron chi connectivity index (χ2n) is 8.94. The maximum atomic E-state index is 15.8. The second-order valence-corrected chi connectivity index (χ2v) is 8.94. The minimum atomic E-state index is -2.11. The number of esters is 1. The van der Waals surface area contributed by atoms with Crippen molar-refractivity contribution in [1.29, 1.82) is 0 Å². The quantitative estimate of drug-likeness (QED) is 0.256. The van der Waals surface area contributed by atoms with Crippen LogP contribution in [0.5, 0.6) is 0 Å². The molecule has 198 valence electrons. The maximum Gasteiger partial charge on any atom is 0.344 e. The lowest BCUT2D eigenvalue weighted by Crippen LogP contribution is -2.57. The van der Waals surface area contributed by atoms with Gasteiger partial charge < -0.3 is 34.9 Å². The highest BCUT2D eigenvalue weighted by Crippen LogP contribution is 2.58. The van der Waals surface area contributed by atoms with Gasteiger partial charge in [0.15, 0.2) is 35.8 Å². The van der Waals surface area contributed by atoms with E-state index in [0.29, 0.717) is 5.56 Å². The van der Waals surface area contributed by atoms with Crippen LogP contribution in [0.4, 0.5) is 10.2 Å². The lowest BCUT2D eigenvalue weighted by molar-refractivity contribution is -0.254. The van der Waals surface area contributed by atoms with E-state index in [1.807, 2.05) is 0 Å². The van der Waals surface area contributed by atoms with Crippen molar-refractivity contribution < 1.29 is 38.3 Å². The summed E-state index contributed by atoms with van der Waals surface area (Å²) in [5.74, 6) is -0.791. The minimum Gasteiger partial charge on any atom is -0.464 e. The molecule has 5 rings (SSSR count). The summed E-state index contributed by atoms with van der Waals surface area (Å²) in [5.41, 5.74) is 2.74. The molecular formula is C24H28FN5O7. The van der Waals surface area contributed by atoms with Crippen LogP contribution in [0.1, 0.15) is 25.6 Å². The van der Waals surface area contributed by atoms with Crippen molar-refractivity contribution in [3.8, 4) is 0 Å². The molecule has 0 radical (unpaired) electrons. The Kier molecular flexibility index (Phi) is 6.58. The topological polar surface area (TPSA) is 164 Å². The van der Waals surface area contributed by atoms with Gasteiger partial charge in [-0.1, -0.05) is 30.3 Å². The Morgan fingerprint density at radius 3 is 2.68 bits per heavy atom. The molecule has 1 aliphatic carbocycles. The Bertz CT molecular complexity index is 1280. The number of hydrogen-bond acceptors (Lipinski definition) is 11. The highest BCUT2D eigenvalue weighted by Gasteiger charge is 2.80. The van der Waals surface area contributed by atoms with Crippen molar-refractivity contribution in [2.45, 2.75) is 62.4 Å². The van der Waals surface area contributed by atoms with Gasteiger partial charge in [0.2, 0.25) is 5.60 Å². The number of carbonyl (C=O) groups is 1. The number of aliphatic hydroxyl groups is 2. The molecular weight excluding hydrogens is 489 g/mol. The SMILES string of the molecule is CCOC(=O)C(Cc1ccccc1)(OC1[C@H]2O[C@@H](n3cnc4c(N)ncnc43)[C@H](F)[C@@]12O)C(O)OCC. The molecule has 2 aromatic heterocycles. The molecule has 3 unspecified atom stereocenters. The zero-order chi connectivity index (χ0) is 26.4. The third-order valence-electron chi connectivity index (χ3n) is 6.71. The molecule has 1 saturated heterocycles. The average molecular weight is 518 g/mol. The van der Waals surface area contributed by atoms with E-state index in [1.165, 1.54) is 17.2 Å². The zero-order valence-electron chi connectivity index (χ0n) is 20.2. The molecule has 12 nitrogen and oxygen atoms in total. The third kappa shape index (κ3) is 4.03. The smallest absolute Gasteiger partial charge is 0.344 e. The highest BCUT2D eigenvalue weighted by molar-refractivity contribution is 5.81. The van der Waals surface area contributed by atoms with Crippen LogP contribution < -0.4 is 5.73 Å². The van der Waals surface area contributed by atoms with Gasteiger partial charge >= 0.3 is 5.97 Å². The summed E-state index contributed by atoms with van der Waals surface area (Å²) in [4.78, 5) is 25.3. The molecule has 13 heteroatoms. The molecule has 2 fully saturated rings. The lowest BCUT2D eigenvalue weighted by atomic mass is 9.93. The number of hydrogen-bond donors (Lipinski definition) is 3. The van der Waals surface area contributed by atoms with E-state index in [2.05, 4.69) is 15.0 Å². The first-order chi connectivity index (χ1) is 17.8. The first-order valence-electron chi connectivity index (χ1n) is 11.9. The Morgan fingerprint density at radius 2 is 2.03 bits per heavy atom. The van der Waals surface area contributed by atoms with E-state index in [0.717, 1.165) is 0 Å². The number of aliphatic hydroxyl groups excluding tert-OH is 1. The van der Waals surface area contributed by atoms with Crippen LogP contribution in [0.25, 0.3) is 11.2 Å². The fourth-order valence-corrected chi connectivity index (χ4v) is 4.77. The lowest BCUT2D eigenvalue weighted by Gasteiger charge is -2.36. The summed E-state index contributed by atoms with van der Waals surface area (Å²) >= 11 is 0. The molecule has 0 spiro atoms. The first kappa shape index (κ1) is 25.4. The van der Waals surface area contributed by atoms with Gasteiger partial charge in [0.25, 0.3) is 0 Å². The molecule has 0 bridgehead atoms. The minimum absolute atomic E-state index is 0.00105. The fourth-order valence-electron chi connectivity index (χ4n) is 4.77.